The van der Waals surface area contributed by atoms with Crippen molar-refractivity contribution in [1.29, 1.82) is 0 Å². The Morgan fingerprint density at radius 2 is 1.93 bits per heavy atom. The van der Waals surface area contributed by atoms with E-state index in [2.05, 4.69) is 24.7 Å². The number of ether oxygens (including phenoxy) is 2. The Balaban J connectivity index is 1.69. The van der Waals surface area contributed by atoms with E-state index in [-0.39, 0.29) is 38.7 Å². The highest BCUT2D eigenvalue weighted by molar-refractivity contribution is 7.92. The van der Waals surface area contributed by atoms with E-state index in [1.165, 1.54) is 69.0 Å². The van der Waals surface area contributed by atoms with Gasteiger partial charge in [0.25, 0.3) is 10.0 Å². The number of urea groups is 1. The molecule has 11 nitrogen and oxygen atoms in total. The third kappa shape index (κ3) is 6.99. The number of anilines is 3. The van der Waals surface area contributed by atoms with Gasteiger partial charge in [-0.3, -0.25) is 4.72 Å². The summed E-state index contributed by atoms with van der Waals surface area (Å²) in [5.41, 5.74) is 0.960. The van der Waals surface area contributed by atoms with Crippen LogP contribution in [0.5, 0.6) is 11.5 Å². The lowest BCUT2D eigenvalue weighted by Gasteiger charge is -2.24. The fourth-order valence-corrected chi connectivity index (χ4v) is 4.80. The predicted molar refractivity (Wildman–Crippen MR) is 143 cm³/mol. The van der Waals surface area contributed by atoms with Gasteiger partial charge in [0.05, 0.1) is 17.8 Å². The zero-order valence-electron chi connectivity index (χ0n) is 21.3. The molecule has 0 saturated carbocycles. The minimum atomic E-state index is -4.51. The average Bonchev–Trinajstić information content (AvgIpc) is 3.44. The minimum Gasteiger partial charge on any atom is -0.495 e. The van der Waals surface area contributed by atoms with Crippen molar-refractivity contribution in [3.8, 4) is 22.6 Å². The lowest BCUT2D eigenvalue weighted by atomic mass is 10.0. The summed E-state index contributed by atoms with van der Waals surface area (Å²) in [5, 5.41) is 6.10. The topological polar surface area (TPSA) is 136 Å². The van der Waals surface area contributed by atoms with Crippen LogP contribution in [0.2, 0.25) is 5.02 Å². The van der Waals surface area contributed by atoms with Crippen molar-refractivity contribution in [2.24, 2.45) is 0 Å². The molecule has 4 aromatic rings. The monoisotopic (exact) mass is 611 g/mol. The number of amides is 2. The number of methoxy groups -OCH3 is 1. The zero-order valence-corrected chi connectivity index (χ0v) is 22.8. The van der Waals surface area contributed by atoms with Crippen molar-refractivity contribution in [2.45, 2.75) is 11.1 Å². The first-order chi connectivity index (χ1) is 19.4. The Labute approximate surface area is 236 Å². The molecule has 0 aliphatic carbocycles. The standard InChI is InChI=1S/C25H21ClF3N5O6S/c1-30-24(35)34(23-7-6-17(13-31-23)41(36,37)33-22-8-9-40-32-22)20-12-19(26)18(11-21(20)38-2)15-4-3-5-16(10-15)39-14-25(27,28)29/h3-13H,14H2,1-2H3,(H,30,35)(H,32,33). The Kier molecular flexibility index (Phi) is 8.58. The molecule has 16 heteroatoms. The molecule has 0 bridgehead atoms. The van der Waals surface area contributed by atoms with Gasteiger partial charge in [-0.05, 0) is 42.0 Å². The van der Waals surface area contributed by atoms with E-state index in [4.69, 9.17) is 21.1 Å². The number of carbonyl (C=O) groups excluding carboxylic acids is 1. The predicted octanol–water partition coefficient (Wildman–Crippen LogP) is 5.62. The molecule has 0 fully saturated rings. The molecule has 0 aliphatic heterocycles. The van der Waals surface area contributed by atoms with Gasteiger partial charge in [-0.2, -0.15) is 13.2 Å². The summed E-state index contributed by atoms with van der Waals surface area (Å²) in [6, 6.07) is 12.0. The van der Waals surface area contributed by atoms with Crippen molar-refractivity contribution in [1.82, 2.24) is 15.5 Å². The molecule has 0 unspecified atom stereocenters. The minimum absolute atomic E-state index is 0.0226. The molecule has 4 rings (SSSR count). The number of sulfonamides is 1. The van der Waals surface area contributed by atoms with Crippen LogP contribution < -0.4 is 24.4 Å². The Bertz CT molecular complexity index is 1630. The van der Waals surface area contributed by atoms with Gasteiger partial charge in [0.2, 0.25) is 0 Å². The van der Waals surface area contributed by atoms with Crippen LogP contribution in [0.25, 0.3) is 11.1 Å². The quantitative estimate of drug-likeness (QED) is 0.249. The van der Waals surface area contributed by atoms with Gasteiger partial charge in [0, 0.05) is 24.9 Å². The second-order valence-electron chi connectivity index (χ2n) is 8.17. The second kappa shape index (κ2) is 11.9. The van der Waals surface area contributed by atoms with Crippen LogP contribution in [0.4, 0.5) is 35.3 Å². The highest BCUT2D eigenvalue weighted by atomic mass is 35.5. The van der Waals surface area contributed by atoms with Crippen LogP contribution in [-0.2, 0) is 10.0 Å². The highest BCUT2D eigenvalue weighted by Gasteiger charge is 2.29. The first-order valence-electron chi connectivity index (χ1n) is 11.5. The lowest BCUT2D eigenvalue weighted by Crippen LogP contribution is -2.35. The summed E-state index contributed by atoms with van der Waals surface area (Å²) in [6.07, 6.45) is -2.27. The van der Waals surface area contributed by atoms with E-state index < -0.39 is 28.8 Å². The Morgan fingerprint density at radius 3 is 2.54 bits per heavy atom. The van der Waals surface area contributed by atoms with Crippen molar-refractivity contribution in [2.75, 3.05) is 30.4 Å². The van der Waals surface area contributed by atoms with E-state index in [9.17, 15) is 26.4 Å². The normalized spacial score (nSPS) is 11.6. The van der Waals surface area contributed by atoms with Gasteiger partial charge in [-0.25, -0.2) is 23.1 Å². The van der Waals surface area contributed by atoms with Crippen molar-refractivity contribution in [3.63, 3.8) is 0 Å². The molecule has 0 atom stereocenters. The number of aromatic nitrogens is 2. The lowest BCUT2D eigenvalue weighted by molar-refractivity contribution is -0.153. The zero-order chi connectivity index (χ0) is 29.8. The number of nitrogens with zero attached hydrogens (tertiary/aromatic N) is 3. The molecule has 2 aromatic heterocycles. The summed E-state index contributed by atoms with van der Waals surface area (Å²) >= 11 is 6.57. The second-order valence-corrected chi connectivity index (χ2v) is 10.3. The number of hydrogen-bond donors (Lipinski definition) is 2. The number of rotatable bonds is 9. The van der Waals surface area contributed by atoms with Gasteiger partial charge >= 0.3 is 12.2 Å². The Hall–Kier alpha value is -4.50. The maximum atomic E-state index is 13.0. The maximum Gasteiger partial charge on any atom is 0.422 e. The first-order valence-corrected chi connectivity index (χ1v) is 13.4. The van der Waals surface area contributed by atoms with Crippen molar-refractivity contribution in [3.05, 3.63) is 72.1 Å². The molecule has 2 amide bonds. The van der Waals surface area contributed by atoms with E-state index in [1.54, 1.807) is 6.07 Å². The van der Waals surface area contributed by atoms with E-state index in [0.717, 1.165) is 11.1 Å². The summed E-state index contributed by atoms with van der Waals surface area (Å²) in [7, 11) is -1.33. The molecular weight excluding hydrogens is 591 g/mol. The molecular formula is C25H21ClF3N5O6S. The number of hydrogen-bond acceptors (Lipinski definition) is 8. The molecule has 41 heavy (non-hydrogen) atoms. The number of alkyl halides is 3. The van der Waals surface area contributed by atoms with E-state index in [1.807, 2.05) is 0 Å². The summed E-state index contributed by atoms with van der Waals surface area (Å²) in [5.74, 6) is 0.122. The van der Waals surface area contributed by atoms with Crippen LogP contribution in [0.3, 0.4) is 0 Å². The molecule has 0 aliphatic rings. The molecule has 2 N–H and O–H groups in total. The van der Waals surface area contributed by atoms with Gasteiger partial charge in [-0.1, -0.05) is 28.9 Å². The number of carbonyl (C=O) groups is 1. The van der Waals surface area contributed by atoms with E-state index in [0.29, 0.717) is 11.1 Å². The first kappa shape index (κ1) is 29.5. The number of nitrogens with one attached hydrogen (secondary N) is 2. The molecule has 0 radical (unpaired) electrons. The SMILES string of the molecule is CNC(=O)N(c1ccc(S(=O)(=O)Nc2ccon2)cn1)c1cc(Cl)c(-c2cccc(OCC(F)(F)F)c2)cc1OC. The van der Waals surface area contributed by atoms with Gasteiger partial charge in [0.15, 0.2) is 12.4 Å². The van der Waals surface area contributed by atoms with Crippen molar-refractivity contribution >= 4 is 45.0 Å². The Morgan fingerprint density at radius 1 is 1.15 bits per heavy atom. The number of halogens is 4. The van der Waals surface area contributed by atoms with Crippen LogP contribution in [0, 0.1) is 0 Å². The number of benzene rings is 2. The van der Waals surface area contributed by atoms with E-state index >= 15 is 0 Å². The molecule has 2 heterocycles. The third-order valence-corrected chi connectivity index (χ3v) is 7.06. The van der Waals surface area contributed by atoms with Gasteiger partial charge in [-0.15, -0.1) is 0 Å². The van der Waals surface area contributed by atoms with Crippen LogP contribution in [0.15, 0.2) is 76.5 Å². The van der Waals surface area contributed by atoms with Gasteiger partial charge in [0.1, 0.15) is 28.5 Å². The molecule has 0 saturated heterocycles. The summed E-state index contributed by atoms with van der Waals surface area (Å²) < 4.78 is 80.3. The van der Waals surface area contributed by atoms with Crippen LogP contribution in [-0.4, -0.2) is 51.5 Å². The fourth-order valence-electron chi connectivity index (χ4n) is 3.60. The number of pyridine rings is 1. The maximum absolute atomic E-state index is 13.0. The van der Waals surface area contributed by atoms with Crippen LogP contribution in [0.1, 0.15) is 0 Å². The largest absolute Gasteiger partial charge is 0.495 e. The third-order valence-electron chi connectivity index (χ3n) is 5.41. The molecule has 2 aromatic carbocycles. The molecule has 0 spiro atoms. The van der Waals surface area contributed by atoms with Gasteiger partial charge < -0.3 is 19.3 Å². The average molecular weight is 612 g/mol. The fraction of sp³-hybridized carbons (Fsp3) is 0.160. The smallest absolute Gasteiger partial charge is 0.422 e. The van der Waals surface area contributed by atoms with Crippen LogP contribution >= 0.6 is 11.6 Å². The molecule has 216 valence electrons. The summed E-state index contributed by atoms with van der Waals surface area (Å²) in [4.78, 5) is 18.0. The van der Waals surface area contributed by atoms with Crippen molar-refractivity contribution < 1.29 is 40.4 Å². The highest BCUT2D eigenvalue weighted by Crippen LogP contribution is 2.42. The summed E-state index contributed by atoms with van der Waals surface area (Å²) in [6.45, 7) is -1.46.